The van der Waals surface area contributed by atoms with Crippen molar-refractivity contribution in [3.05, 3.63) is 23.3 Å². The predicted octanol–water partition coefficient (Wildman–Crippen LogP) is 2.88. The predicted molar refractivity (Wildman–Crippen MR) is 146 cm³/mol. The van der Waals surface area contributed by atoms with Crippen LogP contribution < -0.4 is 0 Å². The molecule has 0 amide bonds. The Morgan fingerprint density at radius 2 is 1.37 bits per heavy atom. The molecule has 0 saturated heterocycles. The van der Waals surface area contributed by atoms with Crippen molar-refractivity contribution in [2.24, 2.45) is 47.3 Å². The monoisotopic (exact) mass is 596 g/mol. The van der Waals surface area contributed by atoms with Crippen LogP contribution in [-0.2, 0) is 33.4 Å². The number of esters is 3. The Kier molecular flexibility index (Phi) is 9.26. The molecule has 2 aliphatic heterocycles. The van der Waals surface area contributed by atoms with E-state index in [1.54, 1.807) is 6.08 Å². The number of carbonyl (C=O) groups is 4. The molecule has 4 rings (SSSR count). The molecule has 0 aromatic carbocycles. The van der Waals surface area contributed by atoms with Crippen LogP contribution >= 0.6 is 11.6 Å². The van der Waals surface area contributed by atoms with Crippen molar-refractivity contribution in [3.8, 4) is 0 Å². The molecular formula is C30H41ClO10. The highest BCUT2D eigenvalue weighted by Gasteiger charge is 2.56. The van der Waals surface area contributed by atoms with Crippen LogP contribution in [-0.4, -0.2) is 76.1 Å². The van der Waals surface area contributed by atoms with Crippen molar-refractivity contribution in [1.82, 2.24) is 0 Å². The Morgan fingerprint density at radius 1 is 0.902 bits per heavy atom. The summed E-state index contributed by atoms with van der Waals surface area (Å²) < 4.78 is 16.3. The van der Waals surface area contributed by atoms with Crippen LogP contribution in [0.5, 0.6) is 0 Å². The van der Waals surface area contributed by atoms with Gasteiger partial charge in [0.1, 0.15) is 25.4 Å². The summed E-state index contributed by atoms with van der Waals surface area (Å²) in [5.74, 6) is -6.54. The van der Waals surface area contributed by atoms with Crippen LogP contribution in [0.4, 0.5) is 0 Å². The second-order valence-corrected chi connectivity index (χ2v) is 13.1. The molecule has 228 valence electrons. The highest BCUT2D eigenvalue weighted by Crippen LogP contribution is 2.49. The number of aliphatic carboxylic acids is 1. The summed E-state index contributed by atoms with van der Waals surface area (Å²) in [7, 11) is 0. The molecule has 2 fully saturated rings. The SMILES string of the molecule is CC(C)[C@@H]1CC[C@](O)(CCl)[C@@H]2C(=O)OCC(C(=O)OC[C@@]3(O)CC[C@@H](C(C)C)[C@@H]4C=C(C(=O)O)COC(=O)[C@H]43)=C[C@H]21. The molecule has 0 aromatic rings. The number of aliphatic hydroxyl groups is 2. The van der Waals surface area contributed by atoms with Gasteiger partial charge in [0, 0.05) is 0 Å². The maximum Gasteiger partial charge on any atom is 0.337 e. The van der Waals surface area contributed by atoms with Gasteiger partial charge >= 0.3 is 23.9 Å². The van der Waals surface area contributed by atoms with Gasteiger partial charge in [-0.05, 0) is 61.2 Å². The van der Waals surface area contributed by atoms with Crippen molar-refractivity contribution in [1.29, 1.82) is 0 Å². The van der Waals surface area contributed by atoms with Gasteiger partial charge in [-0.3, -0.25) is 9.59 Å². The van der Waals surface area contributed by atoms with E-state index in [2.05, 4.69) is 0 Å². The van der Waals surface area contributed by atoms with Crippen molar-refractivity contribution >= 4 is 35.5 Å². The van der Waals surface area contributed by atoms with Crippen LogP contribution in [0.1, 0.15) is 53.4 Å². The van der Waals surface area contributed by atoms with Gasteiger partial charge in [0.2, 0.25) is 0 Å². The number of carboxylic acid groups (broad SMARTS) is 1. The first-order chi connectivity index (χ1) is 19.2. The molecule has 0 bridgehead atoms. The first kappa shape index (κ1) is 31.5. The first-order valence-electron chi connectivity index (χ1n) is 14.4. The van der Waals surface area contributed by atoms with Crippen molar-refractivity contribution < 1.29 is 48.7 Å². The van der Waals surface area contributed by atoms with Crippen molar-refractivity contribution in [2.45, 2.75) is 64.6 Å². The van der Waals surface area contributed by atoms with E-state index in [0.29, 0.717) is 19.3 Å². The summed E-state index contributed by atoms with van der Waals surface area (Å²) in [6.07, 6.45) is 4.73. The van der Waals surface area contributed by atoms with E-state index in [9.17, 15) is 34.5 Å². The number of halogens is 1. The summed E-state index contributed by atoms with van der Waals surface area (Å²) in [6.45, 7) is 6.70. The Bertz CT molecular complexity index is 1130. The maximum atomic E-state index is 13.4. The molecule has 2 heterocycles. The molecule has 2 aliphatic carbocycles. The first-order valence-corrected chi connectivity index (χ1v) is 14.9. The summed E-state index contributed by atoms with van der Waals surface area (Å²) >= 11 is 6.10. The smallest absolute Gasteiger partial charge is 0.337 e. The van der Waals surface area contributed by atoms with E-state index in [-0.39, 0.29) is 53.7 Å². The molecule has 0 aromatic heterocycles. The summed E-state index contributed by atoms with van der Waals surface area (Å²) in [6, 6.07) is 0. The zero-order valence-electron chi connectivity index (χ0n) is 24.0. The summed E-state index contributed by atoms with van der Waals surface area (Å²) in [5, 5.41) is 32.5. The third-order valence-electron chi connectivity index (χ3n) is 9.71. The van der Waals surface area contributed by atoms with Crippen LogP contribution in [0.2, 0.25) is 0 Å². The minimum atomic E-state index is -1.79. The Hall–Kier alpha value is -2.43. The molecule has 0 radical (unpaired) electrons. The third-order valence-corrected chi connectivity index (χ3v) is 10.2. The maximum absolute atomic E-state index is 13.4. The van der Waals surface area contributed by atoms with Gasteiger partial charge in [-0.25, -0.2) is 9.59 Å². The lowest BCUT2D eigenvalue weighted by atomic mass is 9.61. The quantitative estimate of drug-likeness (QED) is 0.227. The number of rotatable bonds is 7. The number of hydrogen-bond acceptors (Lipinski definition) is 9. The number of carbonyl (C=O) groups excluding carboxylic acids is 3. The molecule has 41 heavy (non-hydrogen) atoms. The fourth-order valence-electron chi connectivity index (χ4n) is 7.38. The lowest BCUT2D eigenvalue weighted by Crippen LogP contribution is -2.55. The lowest BCUT2D eigenvalue weighted by Gasteiger charge is -2.46. The molecule has 0 spiro atoms. The zero-order chi connectivity index (χ0) is 30.3. The summed E-state index contributed by atoms with van der Waals surface area (Å²) in [4.78, 5) is 51.3. The van der Waals surface area contributed by atoms with Crippen LogP contribution in [0, 0.1) is 47.3 Å². The number of allylic oxidation sites excluding steroid dienone is 2. The third kappa shape index (κ3) is 6.06. The van der Waals surface area contributed by atoms with Crippen LogP contribution in [0.15, 0.2) is 23.3 Å². The molecule has 10 nitrogen and oxygen atoms in total. The average molecular weight is 597 g/mol. The van der Waals surface area contributed by atoms with E-state index in [4.69, 9.17) is 25.8 Å². The lowest BCUT2D eigenvalue weighted by molar-refractivity contribution is -0.181. The number of fused-ring (bicyclic) bond motifs is 2. The van der Waals surface area contributed by atoms with Gasteiger partial charge in [0.05, 0.1) is 34.5 Å². The second-order valence-electron chi connectivity index (χ2n) is 12.8. The number of hydrogen-bond donors (Lipinski definition) is 3. The van der Waals surface area contributed by atoms with E-state index in [0.717, 1.165) is 0 Å². The number of carboxylic acids is 1. The number of cyclic esters (lactones) is 2. The topological polar surface area (TPSA) is 157 Å². The second kappa shape index (κ2) is 12.1. The van der Waals surface area contributed by atoms with Gasteiger partial charge in [0.15, 0.2) is 0 Å². The Labute approximate surface area is 245 Å². The molecule has 0 unspecified atom stereocenters. The van der Waals surface area contributed by atoms with E-state index >= 15 is 0 Å². The van der Waals surface area contributed by atoms with Gasteiger partial charge in [-0.1, -0.05) is 39.8 Å². The summed E-state index contributed by atoms with van der Waals surface area (Å²) in [5.41, 5.74) is -3.22. The zero-order valence-corrected chi connectivity index (χ0v) is 24.8. The largest absolute Gasteiger partial charge is 0.478 e. The minimum Gasteiger partial charge on any atom is -0.478 e. The normalized spacial score (nSPS) is 37.5. The highest BCUT2D eigenvalue weighted by molar-refractivity contribution is 6.18. The minimum absolute atomic E-state index is 0.0100. The van der Waals surface area contributed by atoms with Gasteiger partial charge < -0.3 is 29.5 Å². The van der Waals surface area contributed by atoms with E-state index in [1.165, 1.54) is 6.08 Å². The molecule has 3 N–H and O–H groups in total. The van der Waals surface area contributed by atoms with Gasteiger partial charge in [-0.2, -0.15) is 0 Å². The van der Waals surface area contributed by atoms with E-state index < -0.39 is 72.0 Å². The van der Waals surface area contributed by atoms with Crippen LogP contribution in [0.25, 0.3) is 0 Å². The Morgan fingerprint density at radius 3 is 1.85 bits per heavy atom. The van der Waals surface area contributed by atoms with Crippen molar-refractivity contribution in [3.63, 3.8) is 0 Å². The van der Waals surface area contributed by atoms with Gasteiger partial charge in [0.25, 0.3) is 0 Å². The molecule has 2 saturated carbocycles. The standard InChI is InChI=1S/C30H41ClO10/c1-15(2)19-5-7-29(37,13-31)23-22(19)10-18(12-40-27(23)35)26(34)41-14-30(38)8-6-20(16(3)4)21-9-17(25(32)33)11-39-28(36)24(21)30/h9-10,15-16,19-24,37-38H,5-8,11-14H2,1-4H3,(H,32,33)/t19-,20-,21-,22-,23-,24-,29-,30-/m0/s1. The average Bonchev–Trinajstić information content (AvgIpc) is 3.20. The molecule has 4 aliphatic rings. The molecular weight excluding hydrogens is 556 g/mol. The number of alkyl halides is 1. The van der Waals surface area contributed by atoms with Crippen molar-refractivity contribution in [2.75, 3.05) is 25.7 Å². The molecule has 8 atom stereocenters. The molecule has 11 heteroatoms. The fraction of sp³-hybridized carbons (Fsp3) is 0.733. The highest BCUT2D eigenvalue weighted by atomic mass is 35.5. The van der Waals surface area contributed by atoms with E-state index in [1.807, 2.05) is 27.7 Å². The number of ether oxygens (including phenoxy) is 3. The Balaban J connectivity index is 1.60. The van der Waals surface area contributed by atoms with Crippen LogP contribution in [0.3, 0.4) is 0 Å². The fourth-order valence-corrected chi connectivity index (χ4v) is 7.68. The van der Waals surface area contributed by atoms with Gasteiger partial charge in [-0.15, -0.1) is 11.6 Å².